The van der Waals surface area contributed by atoms with Crippen molar-refractivity contribution < 1.29 is 22.3 Å². The molecule has 0 aliphatic rings. The van der Waals surface area contributed by atoms with E-state index >= 15 is 0 Å². The Kier molecular flexibility index (Phi) is 5.60. The quantitative estimate of drug-likeness (QED) is 0.373. The molecule has 0 radical (unpaired) electrons. The van der Waals surface area contributed by atoms with Gasteiger partial charge in [-0.1, -0.05) is 17.7 Å². The monoisotopic (exact) mass is 412 g/mol. The maximum absolute atomic E-state index is 12.4. The number of nitrogens with one attached hydrogen (secondary N) is 1. The second kappa shape index (κ2) is 8.11. The Hall–Kier alpha value is -3.72. The number of anilines is 1. The summed E-state index contributed by atoms with van der Waals surface area (Å²) in [5, 5.41) is 13.3. The molecule has 3 rings (SSSR count). The van der Waals surface area contributed by atoms with E-state index in [-0.39, 0.29) is 22.2 Å². The van der Waals surface area contributed by atoms with Crippen molar-refractivity contribution in [1.29, 1.82) is 0 Å². The minimum Gasteiger partial charge on any atom is -0.379 e. The van der Waals surface area contributed by atoms with Crippen molar-refractivity contribution in [1.82, 2.24) is 0 Å². The van der Waals surface area contributed by atoms with Crippen LogP contribution in [-0.4, -0.2) is 19.2 Å². The number of nitrogens with zero attached hydrogens (tertiary/aromatic N) is 1. The highest BCUT2D eigenvalue weighted by Gasteiger charge is 2.17. The molecule has 0 aliphatic carbocycles. The fraction of sp³-hybridized carbons (Fsp3) is 0.0500. The third-order valence-electron chi connectivity index (χ3n) is 3.93. The maximum atomic E-state index is 12.4. The van der Waals surface area contributed by atoms with Gasteiger partial charge in [0, 0.05) is 23.4 Å². The van der Waals surface area contributed by atoms with Crippen LogP contribution in [-0.2, 0) is 10.1 Å². The highest BCUT2D eigenvalue weighted by molar-refractivity contribution is 7.87. The minimum atomic E-state index is -4.13. The highest BCUT2D eigenvalue weighted by Crippen LogP contribution is 2.23. The number of non-ortho nitro benzene ring substituents is 1. The molecular formula is C20H16N2O6S. The van der Waals surface area contributed by atoms with Crippen molar-refractivity contribution in [2.45, 2.75) is 11.8 Å². The molecule has 0 fully saturated rings. The minimum absolute atomic E-state index is 0.0487. The van der Waals surface area contributed by atoms with E-state index in [0.29, 0.717) is 11.3 Å². The van der Waals surface area contributed by atoms with E-state index in [4.69, 9.17) is 4.18 Å². The molecule has 1 N–H and O–H groups in total. The van der Waals surface area contributed by atoms with E-state index in [9.17, 15) is 23.3 Å². The number of benzene rings is 3. The number of nitro groups is 1. The third-order valence-corrected chi connectivity index (χ3v) is 5.20. The Morgan fingerprint density at radius 2 is 1.66 bits per heavy atom. The van der Waals surface area contributed by atoms with E-state index in [1.165, 1.54) is 36.4 Å². The Morgan fingerprint density at radius 1 is 1.00 bits per heavy atom. The van der Waals surface area contributed by atoms with Gasteiger partial charge in [0.2, 0.25) is 0 Å². The van der Waals surface area contributed by atoms with Crippen molar-refractivity contribution in [2.24, 2.45) is 0 Å². The number of amides is 1. The van der Waals surface area contributed by atoms with Crippen LogP contribution in [0.3, 0.4) is 0 Å². The molecule has 0 bridgehead atoms. The van der Waals surface area contributed by atoms with E-state index in [1.54, 1.807) is 18.2 Å². The van der Waals surface area contributed by atoms with Crippen molar-refractivity contribution in [2.75, 3.05) is 5.32 Å². The van der Waals surface area contributed by atoms with Crippen LogP contribution in [0.5, 0.6) is 5.75 Å². The first kappa shape index (κ1) is 20.0. The summed E-state index contributed by atoms with van der Waals surface area (Å²) >= 11 is 0. The van der Waals surface area contributed by atoms with Gasteiger partial charge in [0.25, 0.3) is 11.6 Å². The normalized spacial score (nSPS) is 10.9. The lowest BCUT2D eigenvalue weighted by atomic mass is 10.1. The molecule has 0 heterocycles. The van der Waals surface area contributed by atoms with Gasteiger partial charge in [-0.2, -0.15) is 8.42 Å². The molecule has 9 heteroatoms. The molecule has 3 aromatic carbocycles. The van der Waals surface area contributed by atoms with Crippen molar-refractivity contribution in [3.8, 4) is 5.75 Å². The molecule has 148 valence electrons. The topological polar surface area (TPSA) is 116 Å². The first-order valence-corrected chi connectivity index (χ1v) is 9.82. The summed E-state index contributed by atoms with van der Waals surface area (Å²) in [6.45, 7) is 1.88. The molecule has 3 aromatic rings. The number of aryl methyl sites for hydroxylation is 1. The number of carbonyl (C=O) groups is 1. The van der Waals surface area contributed by atoms with E-state index < -0.39 is 15.0 Å². The SMILES string of the molecule is Cc1cccc(C(=O)Nc2ccc(S(=O)(=O)Oc3ccc([N+](=O)[O-])cc3)cc2)c1. The molecule has 0 saturated carbocycles. The number of hydrogen-bond donors (Lipinski definition) is 1. The molecule has 8 nitrogen and oxygen atoms in total. The van der Waals surface area contributed by atoms with Crippen molar-refractivity contribution in [3.05, 3.63) is 94.0 Å². The predicted octanol–water partition coefficient (Wildman–Crippen LogP) is 3.92. The predicted molar refractivity (Wildman–Crippen MR) is 106 cm³/mol. The van der Waals surface area contributed by atoms with Gasteiger partial charge < -0.3 is 9.50 Å². The smallest absolute Gasteiger partial charge is 0.339 e. The second-order valence-corrected chi connectivity index (χ2v) is 7.68. The maximum Gasteiger partial charge on any atom is 0.339 e. The van der Waals surface area contributed by atoms with Crippen molar-refractivity contribution in [3.63, 3.8) is 0 Å². The Labute approximate surface area is 167 Å². The van der Waals surface area contributed by atoms with Gasteiger partial charge in [-0.05, 0) is 55.5 Å². The Morgan fingerprint density at radius 3 is 2.24 bits per heavy atom. The molecule has 29 heavy (non-hydrogen) atoms. The average molecular weight is 412 g/mol. The van der Waals surface area contributed by atoms with Crippen LogP contribution in [0.2, 0.25) is 0 Å². The third kappa shape index (κ3) is 4.96. The van der Waals surface area contributed by atoms with Gasteiger partial charge in [-0.3, -0.25) is 14.9 Å². The molecule has 0 saturated heterocycles. The molecule has 0 aromatic heterocycles. The van der Waals surface area contributed by atoms with Crippen LogP contribution < -0.4 is 9.50 Å². The fourth-order valence-corrected chi connectivity index (χ4v) is 3.42. The van der Waals surface area contributed by atoms with Gasteiger partial charge in [0.05, 0.1) is 4.92 Å². The molecule has 0 unspecified atom stereocenters. The zero-order chi connectivity index (χ0) is 21.0. The van der Waals surface area contributed by atoms with Gasteiger partial charge in [-0.25, -0.2) is 0 Å². The second-order valence-electron chi connectivity index (χ2n) is 6.14. The first-order chi connectivity index (χ1) is 13.7. The van der Waals surface area contributed by atoms with Crippen LogP contribution in [0.15, 0.2) is 77.7 Å². The lowest BCUT2D eigenvalue weighted by Crippen LogP contribution is -2.13. The van der Waals surface area contributed by atoms with Crippen molar-refractivity contribution >= 4 is 27.4 Å². The van der Waals surface area contributed by atoms with Crippen LogP contribution in [0, 0.1) is 17.0 Å². The van der Waals surface area contributed by atoms with E-state index in [0.717, 1.165) is 17.7 Å². The average Bonchev–Trinajstić information content (AvgIpc) is 2.68. The fourth-order valence-electron chi connectivity index (χ4n) is 2.49. The van der Waals surface area contributed by atoms with Gasteiger partial charge in [0.1, 0.15) is 10.6 Å². The van der Waals surface area contributed by atoms with E-state index in [2.05, 4.69) is 5.32 Å². The van der Waals surface area contributed by atoms with Gasteiger partial charge in [-0.15, -0.1) is 0 Å². The van der Waals surface area contributed by atoms with Crippen LogP contribution in [0.4, 0.5) is 11.4 Å². The Bertz CT molecular complexity index is 1160. The summed E-state index contributed by atoms with van der Waals surface area (Å²) in [6.07, 6.45) is 0. The zero-order valence-corrected chi connectivity index (χ0v) is 16.0. The van der Waals surface area contributed by atoms with Crippen LogP contribution in [0.1, 0.15) is 15.9 Å². The molecule has 0 atom stereocenters. The number of nitro benzene ring substituents is 1. The number of rotatable bonds is 6. The number of carbonyl (C=O) groups excluding carboxylic acids is 1. The summed E-state index contributed by atoms with van der Waals surface area (Å²) in [6, 6.07) is 17.3. The summed E-state index contributed by atoms with van der Waals surface area (Å²) in [7, 11) is -4.13. The lowest BCUT2D eigenvalue weighted by molar-refractivity contribution is -0.384. The molecular weight excluding hydrogens is 396 g/mol. The lowest BCUT2D eigenvalue weighted by Gasteiger charge is -2.09. The number of hydrogen-bond acceptors (Lipinski definition) is 6. The summed E-state index contributed by atoms with van der Waals surface area (Å²) in [5.41, 5.74) is 1.68. The standard InChI is InChI=1S/C20H16N2O6S/c1-14-3-2-4-15(13-14)20(23)21-16-5-11-19(12-6-16)29(26,27)28-18-9-7-17(8-10-18)22(24)25/h2-13H,1H3,(H,21,23). The van der Waals surface area contributed by atoms with Crippen LogP contribution >= 0.6 is 0 Å². The largest absolute Gasteiger partial charge is 0.379 e. The zero-order valence-electron chi connectivity index (χ0n) is 15.2. The summed E-state index contributed by atoms with van der Waals surface area (Å²) in [5.74, 6) is -0.362. The van der Waals surface area contributed by atoms with Gasteiger partial charge >= 0.3 is 10.1 Å². The molecule has 1 amide bonds. The molecule has 0 aliphatic heterocycles. The van der Waals surface area contributed by atoms with Crippen LogP contribution in [0.25, 0.3) is 0 Å². The first-order valence-electron chi connectivity index (χ1n) is 8.42. The highest BCUT2D eigenvalue weighted by atomic mass is 32.2. The summed E-state index contributed by atoms with van der Waals surface area (Å²) < 4.78 is 29.7. The van der Waals surface area contributed by atoms with Gasteiger partial charge in [0.15, 0.2) is 0 Å². The Balaban J connectivity index is 1.71. The van der Waals surface area contributed by atoms with E-state index in [1.807, 2.05) is 13.0 Å². The molecule has 0 spiro atoms. The summed E-state index contributed by atoms with van der Waals surface area (Å²) in [4.78, 5) is 22.2.